The van der Waals surface area contributed by atoms with Crippen molar-refractivity contribution in [1.29, 1.82) is 0 Å². The molecule has 9 heteroatoms. The molecule has 0 aliphatic carbocycles. The van der Waals surface area contributed by atoms with Crippen molar-refractivity contribution in [1.82, 2.24) is 14.5 Å². The van der Waals surface area contributed by atoms with Crippen LogP contribution in [0.2, 0.25) is 0 Å². The Labute approximate surface area is 148 Å². The van der Waals surface area contributed by atoms with Gasteiger partial charge in [0.2, 0.25) is 5.88 Å². The van der Waals surface area contributed by atoms with Crippen LogP contribution in [0.15, 0.2) is 41.7 Å². The van der Waals surface area contributed by atoms with Crippen LogP contribution in [0.1, 0.15) is 11.8 Å². The molecule has 0 amide bonds. The molecule has 0 unspecified atom stereocenters. The fraction of sp³-hybridized carbons (Fsp3) is 0.412. The lowest BCUT2D eigenvalue weighted by Gasteiger charge is -2.23. The van der Waals surface area contributed by atoms with Crippen molar-refractivity contribution in [2.24, 2.45) is 4.99 Å². The van der Waals surface area contributed by atoms with Crippen LogP contribution in [0.4, 0.5) is 0 Å². The molecule has 1 saturated heterocycles. The Bertz CT molecular complexity index is 900. The molecular weight excluding hydrogens is 340 g/mol. The fourth-order valence-corrected chi connectivity index (χ4v) is 3.26. The normalized spacial score (nSPS) is 28.1. The first-order valence-corrected chi connectivity index (χ1v) is 8.32. The molecule has 26 heavy (non-hydrogen) atoms. The third kappa shape index (κ3) is 2.74. The number of aliphatic hydroxyl groups is 4. The molecular formula is C17H20N4O5. The second-order valence-electron chi connectivity index (χ2n) is 6.36. The third-order valence-corrected chi connectivity index (χ3v) is 4.68. The van der Waals surface area contributed by atoms with Gasteiger partial charge in [0, 0.05) is 6.54 Å². The van der Waals surface area contributed by atoms with Gasteiger partial charge in [-0.25, -0.2) is 9.98 Å². The minimum atomic E-state index is -1.23. The number of aromatic nitrogens is 2. The molecule has 4 atom stereocenters. The monoisotopic (exact) mass is 360 g/mol. The van der Waals surface area contributed by atoms with Crippen molar-refractivity contribution in [2.75, 3.05) is 13.3 Å². The molecule has 2 aliphatic rings. The van der Waals surface area contributed by atoms with E-state index in [2.05, 4.69) is 9.98 Å². The molecule has 1 aromatic carbocycles. The number of aliphatic hydroxyl groups excluding tert-OH is 4. The maximum absolute atomic E-state index is 10.6. The molecule has 1 aromatic heterocycles. The van der Waals surface area contributed by atoms with Gasteiger partial charge in [0.1, 0.15) is 25.0 Å². The van der Waals surface area contributed by atoms with Crippen molar-refractivity contribution in [3.05, 3.63) is 53.1 Å². The van der Waals surface area contributed by atoms with Crippen molar-refractivity contribution in [2.45, 2.75) is 31.1 Å². The minimum absolute atomic E-state index is 0.00986. The summed E-state index contributed by atoms with van der Waals surface area (Å²) in [6, 6.07) is 9.69. The molecule has 0 spiro atoms. The second kappa shape index (κ2) is 6.69. The van der Waals surface area contributed by atoms with Crippen LogP contribution in [-0.2, 0) is 11.3 Å². The summed E-state index contributed by atoms with van der Waals surface area (Å²) in [6.45, 7) is 0.287. The highest BCUT2D eigenvalue weighted by Gasteiger charge is 2.44. The SMILES string of the molecule is OC[C@H]1O[C@@H](n2cnc3c2=NCN(Cc2ccccc2)C=3O)[C@H](O)[C@@H]1O. The number of fused-ring (bicyclic) bond motifs is 1. The van der Waals surface area contributed by atoms with Crippen LogP contribution in [0.3, 0.4) is 0 Å². The maximum Gasteiger partial charge on any atom is 0.219 e. The zero-order valence-corrected chi connectivity index (χ0v) is 13.9. The van der Waals surface area contributed by atoms with E-state index in [4.69, 9.17) is 4.74 Å². The average molecular weight is 360 g/mol. The second-order valence-corrected chi connectivity index (χ2v) is 6.36. The molecule has 2 aliphatic heterocycles. The highest BCUT2D eigenvalue weighted by atomic mass is 16.6. The van der Waals surface area contributed by atoms with E-state index in [0.717, 1.165) is 5.56 Å². The van der Waals surface area contributed by atoms with Gasteiger partial charge in [-0.1, -0.05) is 30.3 Å². The van der Waals surface area contributed by atoms with Crippen LogP contribution < -0.4 is 10.8 Å². The highest BCUT2D eigenvalue weighted by molar-refractivity contribution is 5.31. The van der Waals surface area contributed by atoms with E-state index >= 15 is 0 Å². The Balaban J connectivity index is 1.65. The predicted molar refractivity (Wildman–Crippen MR) is 88.9 cm³/mol. The average Bonchev–Trinajstić information content (AvgIpc) is 3.20. The van der Waals surface area contributed by atoms with E-state index in [9.17, 15) is 20.4 Å². The first-order valence-electron chi connectivity index (χ1n) is 8.32. The summed E-state index contributed by atoms with van der Waals surface area (Å²) >= 11 is 0. The summed E-state index contributed by atoms with van der Waals surface area (Å²) in [6.07, 6.45) is -2.86. The quantitative estimate of drug-likeness (QED) is 0.508. The summed E-state index contributed by atoms with van der Waals surface area (Å²) in [4.78, 5) is 10.3. The smallest absolute Gasteiger partial charge is 0.219 e. The number of rotatable bonds is 4. The molecule has 3 heterocycles. The Morgan fingerprint density at radius 3 is 2.62 bits per heavy atom. The number of hydrogen-bond donors (Lipinski definition) is 4. The Morgan fingerprint density at radius 2 is 1.92 bits per heavy atom. The Hall–Kier alpha value is -2.46. The zero-order valence-electron chi connectivity index (χ0n) is 13.9. The first kappa shape index (κ1) is 17.0. The van der Waals surface area contributed by atoms with Crippen molar-refractivity contribution in [3.8, 4) is 0 Å². The lowest BCUT2D eigenvalue weighted by atomic mass is 10.1. The van der Waals surface area contributed by atoms with Gasteiger partial charge in [-0.3, -0.25) is 4.57 Å². The molecule has 0 radical (unpaired) electrons. The van der Waals surface area contributed by atoms with E-state index in [0.29, 0.717) is 12.0 Å². The van der Waals surface area contributed by atoms with E-state index in [1.54, 1.807) is 4.90 Å². The topological polar surface area (TPSA) is 124 Å². The van der Waals surface area contributed by atoms with Crippen molar-refractivity contribution in [3.63, 3.8) is 0 Å². The van der Waals surface area contributed by atoms with E-state index < -0.39 is 31.1 Å². The predicted octanol–water partition coefficient (Wildman–Crippen LogP) is -1.79. The summed E-state index contributed by atoms with van der Waals surface area (Å²) in [5.74, 6) is -0.00986. The van der Waals surface area contributed by atoms with Gasteiger partial charge in [0.25, 0.3) is 0 Å². The van der Waals surface area contributed by atoms with Crippen molar-refractivity contribution >= 4 is 5.88 Å². The number of benzene rings is 1. The van der Waals surface area contributed by atoms with Crippen LogP contribution >= 0.6 is 0 Å². The number of ether oxygens (including phenoxy) is 1. The first-order chi connectivity index (χ1) is 12.6. The lowest BCUT2D eigenvalue weighted by molar-refractivity contribution is -0.0546. The van der Waals surface area contributed by atoms with Gasteiger partial charge in [-0.05, 0) is 5.56 Å². The van der Waals surface area contributed by atoms with Crippen molar-refractivity contribution < 1.29 is 25.2 Å². The van der Waals surface area contributed by atoms with Crippen LogP contribution in [-0.4, -0.2) is 66.5 Å². The fourth-order valence-electron chi connectivity index (χ4n) is 3.26. The standard InChI is InChI=1S/C17H20N4O5/c22-7-11-13(23)14(24)17(26-11)21-9-18-12-15(21)19-8-20(16(12)25)6-10-4-2-1-3-5-10/h1-5,9,11,13-14,17,22-25H,6-8H2/t11-,13-,14-,17-/m1/s1. The Kier molecular flexibility index (Phi) is 4.37. The third-order valence-electron chi connectivity index (χ3n) is 4.68. The number of hydrogen-bond acceptors (Lipinski definition) is 8. The van der Waals surface area contributed by atoms with Crippen LogP contribution in [0, 0.1) is 0 Å². The molecule has 0 saturated carbocycles. The minimum Gasteiger partial charge on any atom is -0.493 e. The molecule has 138 valence electrons. The van der Waals surface area contributed by atoms with Gasteiger partial charge in [0.15, 0.2) is 17.1 Å². The summed E-state index contributed by atoms with van der Waals surface area (Å²) in [5.41, 5.74) is 1.39. The van der Waals surface area contributed by atoms with E-state index in [1.165, 1.54) is 10.9 Å². The van der Waals surface area contributed by atoms with Crippen LogP contribution in [0.25, 0.3) is 5.88 Å². The lowest BCUT2D eigenvalue weighted by Crippen LogP contribution is -2.44. The molecule has 2 aromatic rings. The maximum atomic E-state index is 10.6. The molecule has 1 fully saturated rings. The molecule has 9 nitrogen and oxygen atoms in total. The largest absolute Gasteiger partial charge is 0.493 e. The van der Waals surface area contributed by atoms with Crippen LogP contribution in [0.5, 0.6) is 0 Å². The van der Waals surface area contributed by atoms with E-state index in [1.807, 2.05) is 30.3 Å². The molecule has 0 bridgehead atoms. The van der Waals surface area contributed by atoms with E-state index in [-0.39, 0.29) is 17.9 Å². The summed E-state index contributed by atoms with van der Waals surface area (Å²) in [7, 11) is 0. The van der Waals surface area contributed by atoms with Gasteiger partial charge >= 0.3 is 0 Å². The zero-order chi connectivity index (χ0) is 18.3. The van der Waals surface area contributed by atoms with Gasteiger partial charge in [-0.15, -0.1) is 0 Å². The number of nitrogens with zero attached hydrogens (tertiary/aromatic N) is 4. The number of imidazole rings is 1. The van der Waals surface area contributed by atoms with Gasteiger partial charge in [0.05, 0.1) is 12.9 Å². The molecule has 4 rings (SSSR count). The summed E-state index contributed by atoms with van der Waals surface area (Å²) < 4.78 is 6.98. The van der Waals surface area contributed by atoms with Gasteiger partial charge in [-0.2, -0.15) is 0 Å². The molecule has 4 N–H and O–H groups in total. The van der Waals surface area contributed by atoms with Gasteiger partial charge < -0.3 is 30.1 Å². The highest BCUT2D eigenvalue weighted by Crippen LogP contribution is 2.27. The Morgan fingerprint density at radius 1 is 1.15 bits per heavy atom. The summed E-state index contributed by atoms with van der Waals surface area (Å²) in [5, 5.41) is 40.2.